The van der Waals surface area contributed by atoms with Gasteiger partial charge in [0.25, 0.3) is 5.56 Å². The summed E-state index contributed by atoms with van der Waals surface area (Å²) in [6.07, 6.45) is 5.55. The van der Waals surface area contributed by atoms with Crippen molar-refractivity contribution in [3.8, 4) is 5.75 Å². The predicted octanol–water partition coefficient (Wildman–Crippen LogP) is 4.10. The molecule has 0 aliphatic carbocycles. The summed E-state index contributed by atoms with van der Waals surface area (Å²) in [5.41, 5.74) is 3.76. The highest BCUT2D eigenvalue weighted by Crippen LogP contribution is 2.29. The van der Waals surface area contributed by atoms with E-state index in [9.17, 15) is 4.79 Å². The van der Waals surface area contributed by atoms with Crippen LogP contribution >= 0.6 is 0 Å². The van der Waals surface area contributed by atoms with Crippen molar-refractivity contribution in [2.24, 2.45) is 0 Å². The number of benzene rings is 2. The Bertz CT molecular complexity index is 1340. The van der Waals surface area contributed by atoms with Crippen LogP contribution in [0.3, 0.4) is 0 Å². The van der Waals surface area contributed by atoms with E-state index in [-0.39, 0.29) is 11.6 Å². The van der Waals surface area contributed by atoms with Crippen molar-refractivity contribution in [3.05, 3.63) is 81.4 Å². The number of likely N-dealkylation sites (tertiary alicyclic amines) is 1. The topological polar surface area (TPSA) is 88.9 Å². The number of aromatic nitrogens is 5. The Morgan fingerprint density at radius 3 is 2.46 bits per heavy atom. The highest BCUT2D eigenvalue weighted by molar-refractivity contribution is 5.80. The molecule has 1 saturated heterocycles. The van der Waals surface area contributed by atoms with Gasteiger partial charge < -0.3 is 9.72 Å². The van der Waals surface area contributed by atoms with Crippen LogP contribution < -0.4 is 10.3 Å². The van der Waals surface area contributed by atoms with Crippen LogP contribution in [0.25, 0.3) is 10.9 Å². The number of nitrogens with one attached hydrogen (secondary N) is 1. The lowest BCUT2D eigenvalue weighted by molar-refractivity contribution is 0.220. The summed E-state index contributed by atoms with van der Waals surface area (Å²) in [5, 5.41) is 13.9. The van der Waals surface area contributed by atoms with Crippen molar-refractivity contribution in [3.63, 3.8) is 0 Å². The molecule has 1 aliphatic heterocycles. The maximum Gasteiger partial charge on any atom is 0.253 e. The van der Waals surface area contributed by atoms with Gasteiger partial charge in [0.2, 0.25) is 0 Å². The highest BCUT2D eigenvalue weighted by atomic mass is 16.5. The van der Waals surface area contributed by atoms with Gasteiger partial charge in [-0.3, -0.25) is 9.69 Å². The number of aromatic amines is 1. The van der Waals surface area contributed by atoms with Crippen molar-refractivity contribution in [2.75, 3.05) is 20.2 Å². The molecule has 182 valence electrons. The second kappa shape index (κ2) is 10.4. The van der Waals surface area contributed by atoms with Gasteiger partial charge in [0.15, 0.2) is 5.82 Å². The summed E-state index contributed by atoms with van der Waals surface area (Å²) in [4.78, 5) is 18.9. The van der Waals surface area contributed by atoms with E-state index in [2.05, 4.69) is 44.5 Å². The number of hydrogen-bond donors (Lipinski definition) is 1. The molecule has 0 unspecified atom stereocenters. The normalized spacial score (nSPS) is 15.7. The third-order valence-electron chi connectivity index (χ3n) is 6.94. The predicted molar refractivity (Wildman–Crippen MR) is 136 cm³/mol. The SMILES string of the molecule is CCc1ccc2[nH]c(=O)c([C@@H](c3nnnn3Cc3ccc(OC)cc3)N3CCCCCC3)cc2c1. The van der Waals surface area contributed by atoms with E-state index >= 15 is 0 Å². The van der Waals surface area contributed by atoms with Gasteiger partial charge in [-0.1, -0.05) is 38.0 Å². The lowest BCUT2D eigenvalue weighted by Gasteiger charge is -2.29. The molecule has 0 amide bonds. The van der Waals surface area contributed by atoms with Crippen molar-refractivity contribution >= 4 is 10.9 Å². The Balaban J connectivity index is 1.59. The fourth-order valence-electron chi connectivity index (χ4n) is 4.97. The van der Waals surface area contributed by atoms with Crippen molar-refractivity contribution in [1.29, 1.82) is 0 Å². The number of aryl methyl sites for hydroxylation is 1. The quantitative estimate of drug-likeness (QED) is 0.436. The van der Waals surface area contributed by atoms with Gasteiger partial charge in [-0.25, -0.2) is 4.68 Å². The molecule has 0 bridgehead atoms. The average Bonchev–Trinajstić information content (AvgIpc) is 3.16. The van der Waals surface area contributed by atoms with Crippen molar-refractivity contribution in [1.82, 2.24) is 30.1 Å². The summed E-state index contributed by atoms with van der Waals surface area (Å²) in [7, 11) is 1.66. The molecule has 1 aliphatic rings. The fraction of sp³-hybridized carbons (Fsp3) is 0.407. The largest absolute Gasteiger partial charge is 0.497 e. The first kappa shape index (κ1) is 23.2. The smallest absolute Gasteiger partial charge is 0.253 e. The average molecular weight is 473 g/mol. The first-order valence-electron chi connectivity index (χ1n) is 12.4. The zero-order valence-corrected chi connectivity index (χ0v) is 20.4. The number of H-pyrrole nitrogens is 1. The van der Waals surface area contributed by atoms with Gasteiger partial charge in [0, 0.05) is 11.1 Å². The van der Waals surface area contributed by atoms with Crippen LogP contribution in [0.5, 0.6) is 5.75 Å². The second-order valence-corrected chi connectivity index (χ2v) is 9.22. The second-order valence-electron chi connectivity index (χ2n) is 9.22. The van der Waals surface area contributed by atoms with Gasteiger partial charge in [-0.05, 0) is 89.6 Å². The van der Waals surface area contributed by atoms with Crippen LogP contribution in [-0.2, 0) is 13.0 Å². The summed E-state index contributed by atoms with van der Waals surface area (Å²) >= 11 is 0. The Morgan fingerprint density at radius 2 is 1.74 bits per heavy atom. The van der Waals surface area contributed by atoms with Gasteiger partial charge in [0.05, 0.1) is 13.7 Å². The van der Waals surface area contributed by atoms with E-state index in [1.165, 1.54) is 18.4 Å². The molecule has 1 fully saturated rings. The molecule has 8 nitrogen and oxygen atoms in total. The number of pyridine rings is 1. The molecule has 8 heteroatoms. The number of tetrazole rings is 1. The number of ether oxygens (including phenoxy) is 1. The number of nitrogens with zero attached hydrogens (tertiary/aromatic N) is 5. The van der Waals surface area contributed by atoms with Crippen LogP contribution in [0.15, 0.2) is 53.3 Å². The lowest BCUT2D eigenvalue weighted by atomic mass is 10.0. The van der Waals surface area contributed by atoms with E-state index < -0.39 is 0 Å². The molecule has 0 radical (unpaired) electrons. The van der Waals surface area contributed by atoms with Crippen LogP contribution in [0.4, 0.5) is 0 Å². The first-order chi connectivity index (χ1) is 17.2. The first-order valence-corrected chi connectivity index (χ1v) is 12.4. The molecule has 5 rings (SSSR count). The molecule has 2 aromatic heterocycles. The monoisotopic (exact) mass is 472 g/mol. The van der Waals surface area contributed by atoms with Gasteiger partial charge in [-0.2, -0.15) is 0 Å². The van der Waals surface area contributed by atoms with Crippen LogP contribution in [-0.4, -0.2) is 50.3 Å². The summed E-state index contributed by atoms with van der Waals surface area (Å²) < 4.78 is 7.11. The van der Waals surface area contributed by atoms with E-state index in [1.54, 1.807) is 7.11 Å². The van der Waals surface area contributed by atoms with Crippen LogP contribution in [0.2, 0.25) is 0 Å². The molecule has 1 N–H and O–H groups in total. The zero-order valence-electron chi connectivity index (χ0n) is 20.4. The van der Waals surface area contributed by atoms with Crippen LogP contribution in [0.1, 0.15) is 61.2 Å². The van der Waals surface area contributed by atoms with Gasteiger partial charge in [-0.15, -0.1) is 5.10 Å². The molecule has 0 spiro atoms. The minimum Gasteiger partial charge on any atom is -0.497 e. The molecular formula is C27H32N6O2. The minimum atomic E-state index is -0.320. The molecule has 35 heavy (non-hydrogen) atoms. The third kappa shape index (κ3) is 4.98. The molecule has 1 atom stereocenters. The summed E-state index contributed by atoms with van der Waals surface area (Å²) in [5.74, 6) is 1.50. The Morgan fingerprint density at radius 1 is 1.00 bits per heavy atom. The molecule has 0 saturated carbocycles. The molecule has 4 aromatic rings. The van der Waals surface area contributed by atoms with E-state index in [4.69, 9.17) is 4.74 Å². The maximum atomic E-state index is 13.4. The van der Waals surface area contributed by atoms with Crippen LogP contribution in [0, 0.1) is 0 Å². The van der Waals surface area contributed by atoms with E-state index in [0.29, 0.717) is 17.9 Å². The maximum absolute atomic E-state index is 13.4. The van der Waals surface area contributed by atoms with Gasteiger partial charge in [0.1, 0.15) is 11.8 Å². The standard InChI is InChI=1S/C27H32N6O2/c1-3-19-10-13-24-21(16-19)17-23(27(34)28-24)25(32-14-6-4-5-7-15-32)26-29-30-31-33(26)18-20-8-11-22(35-2)12-9-20/h8-13,16-17,25H,3-7,14-15,18H2,1-2H3,(H,28,34)/t25-/m0/s1. The molecule has 2 aromatic carbocycles. The molecule has 3 heterocycles. The Hall–Kier alpha value is -3.52. The number of methoxy groups -OCH3 is 1. The van der Waals surface area contributed by atoms with Gasteiger partial charge >= 0.3 is 0 Å². The number of hydrogen-bond acceptors (Lipinski definition) is 6. The Labute approximate surface area is 204 Å². The number of fused-ring (bicyclic) bond motifs is 1. The zero-order chi connectivity index (χ0) is 24.2. The van der Waals surface area contributed by atoms with E-state index in [1.807, 2.05) is 41.1 Å². The number of rotatable bonds is 7. The fourth-order valence-corrected chi connectivity index (χ4v) is 4.97. The molecular weight excluding hydrogens is 440 g/mol. The highest BCUT2D eigenvalue weighted by Gasteiger charge is 2.31. The minimum absolute atomic E-state index is 0.0880. The summed E-state index contributed by atoms with van der Waals surface area (Å²) in [6.45, 7) is 4.47. The Kier molecular flexibility index (Phi) is 6.90. The third-order valence-corrected chi connectivity index (χ3v) is 6.94. The van der Waals surface area contributed by atoms with Crippen molar-refractivity contribution in [2.45, 2.75) is 51.6 Å². The van der Waals surface area contributed by atoms with E-state index in [0.717, 1.165) is 54.6 Å². The summed E-state index contributed by atoms with van der Waals surface area (Å²) in [6, 6.07) is 15.8. The van der Waals surface area contributed by atoms with Crippen molar-refractivity contribution < 1.29 is 4.74 Å². The lowest BCUT2D eigenvalue weighted by Crippen LogP contribution is -2.36.